The lowest BCUT2D eigenvalue weighted by Crippen LogP contribution is -2.15. The molecular weight excluding hydrogens is 368 g/mol. The molecule has 0 radical (unpaired) electrons. The van der Waals surface area contributed by atoms with E-state index in [-0.39, 0.29) is 17.3 Å². The van der Waals surface area contributed by atoms with Crippen molar-refractivity contribution in [3.8, 4) is 0 Å². The summed E-state index contributed by atoms with van der Waals surface area (Å²) in [5.41, 5.74) is 1.07. The monoisotopic (exact) mass is 383 g/mol. The first-order chi connectivity index (χ1) is 13.4. The molecule has 3 aromatic rings. The predicted molar refractivity (Wildman–Crippen MR) is 100 cm³/mol. The highest BCUT2D eigenvalue weighted by molar-refractivity contribution is 6.02. The van der Waals surface area contributed by atoms with Gasteiger partial charge >= 0.3 is 0 Å². The number of amides is 2. The van der Waals surface area contributed by atoms with Crippen molar-refractivity contribution in [2.75, 3.05) is 16.0 Å². The molecule has 0 fully saturated rings. The van der Waals surface area contributed by atoms with Crippen LogP contribution in [-0.4, -0.2) is 22.0 Å². The number of carbonyl (C=O) groups excluding carboxylic acids is 2. The van der Waals surface area contributed by atoms with Gasteiger partial charge in [0, 0.05) is 24.4 Å². The molecule has 142 valence electrons. The Labute approximate surface area is 158 Å². The Balaban J connectivity index is 1.67. The van der Waals surface area contributed by atoms with Crippen molar-refractivity contribution >= 4 is 34.7 Å². The molecular formula is C19H15F2N5O2. The molecule has 0 aliphatic carbocycles. The highest BCUT2D eigenvalue weighted by Crippen LogP contribution is 2.19. The van der Waals surface area contributed by atoms with E-state index in [1.165, 1.54) is 19.1 Å². The molecule has 0 aliphatic heterocycles. The SMILES string of the molecule is CC(=O)Nc1cccc(Nc2ccc(C(=O)Nc3ccc(F)cc3F)nn2)c1. The number of carbonyl (C=O) groups is 2. The Morgan fingerprint density at radius 3 is 2.36 bits per heavy atom. The lowest BCUT2D eigenvalue weighted by molar-refractivity contribution is -0.114. The quantitative estimate of drug-likeness (QED) is 0.624. The highest BCUT2D eigenvalue weighted by Gasteiger charge is 2.12. The molecule has 0 spiro atoms. The Bertz CT molecular complexity index is 1030. The van der Waals surface area contributed by atoms with Gasteiger partial charge in [0.2, 0.25) is 5.91 Å². The minimum absolute atomic E-state index is 0.0405. The average Bonchev–Trinajstić information content (AvgIpc) is 2.64. The predicted octanol–water partition coefficient (Wildman–Crippen LogP) is 3.71. The summed E-state index contributed by atoms with van der Waals surface area (Å²) < 4.78 is 26.5. The zero-order valence-electron chi connectivity index (χ0n) is 14.7. The van der Waals surface area contributed by atoms with E-state index < -0.39 is 17.5 Å². The summed E-state index contributed by atoms with van der Waals surface area (Å²) in [6, 6.07) is 12.7. The standard InChI is InChI=1S/C19H15F2N5O2/c1-11(27)22-13-3-2-4-14(10-13)23-18-8-7-17(25-26-18)19(28)24-16-6-5-12(20)9-15(16)21/h2-10H,1H3,(H,22,27)(H,23,26)(H,24,28). The smallest absolute Gasteiger partial charge is 0.276 e. The number of anilines is 4. The minimum atomic E-state index is -0.890. The normalized spacial score (nSPS) is 10.2. The van der Waals surface area contributed by atoms with Gasteiger partial charge in [0.05, 0.1) is 5.69 Å². The van der Waals surface area contributed by atoms with Gasteiger partial charge < -0.3 is 16.0 Å². The van der Waals surface area contributed by atoms with Crippen molar-refractivity contribution in [3.63, 3.8) is 0 Å². The van der Waals surface area contributed by atoms with Crippen molar-refractivity contribution in [1.82, 2.24) is 10.2 Å². The summed E-state index contributed by atoms with van der Waals surface area (Å²) in [7, 11) is 0. The highest BCUT2D eigenvalue weighted by atomic mass is 19.1. The van der Waals surface area contributed by atoms with E-state index in [0.29, 0.717) is 23.3 Å². The summed E-state index contributed by atoms with van der Waals surface area (Å²) >= 11 is 0. The summed E-state index contributed by atoms with van der Waals surface area (Å²) in [6.07, 6.45) is 0. The lowest BCUT2D eigenvalue weighted by Gasteiger charge is -2.09. The Kier molecular flexibility index (Phi) is 5.54. The maximum atomic E-state index is 13.6. The van der Waals surface area contributed by atoms with Gasteiger partial charge in [0.25, 0.3) is 5.91 Å². The molecule has 7 nitrogen and oxygen atoms in total. The topological polar surface area (TPSA) is 96.0 Å². The van der Waals surface area contributed by atoms with Gasteiger partial charge in [0.15, 0.2) is 11.5 Å². The van der Waals surface area contributed by atoms with Crippen LogP contribution < -0.4 is 16.0 Å². The number of benzene rings is 2. The number of nitrogens with one attached hydrogen (secondary N) is 3. The number of nitrogens with zero attached hydrogens (tertiary/aromatic N) is 2. The van der Waals surface area contributed by atoms with Crippen LogP contribution in [-0.2, 0) is 4.79 Å². The second-order valence-corrected chi connectivity index (χ2v) is 5.77. The maximum Gasteiger partial charge on any atom is 0.276 e. The Hall–Kier alpha value is -3.88. The summed E-state index contributed by atoms with van der Waals surface area (Å²) in [6.45, 7) is 1.41. The number of halogens is 2. The fourth-order valence-electron chi connectivity index (χ4n) is 2.32. The van der Waals surface area contributed by atoms with Gasteiger partial charge in [-0.25, -0.2) is 8.78 Å². The number of rotatable bonds is 5. The second kappa shape index (κ2) is 8.21. The third-order valence-corrected chi connectivity index (χ3v) is 3.53. The van der Waals surface area contributed by atoms with Crippen LogP contribution in [0.15, 0.2) is 54.6 Å². The van der Waals surface area contributed by atoms with Crippen LogP contribution in [0.4, 0.5) is 31.7 Å². The summed E-state index contributed by atoms with van der Waals surface area (Å²) in [5.74, 6) is -2.14. The van der Waals surface area contributed by atoms with Crippen molar-refractivity contribution in [2.45, 2.75) is 6.92 Å². The molecule has 3 N–H and O–H groups in total. The minimum Gasteiger partial charge on any atom is -0.339 e. The van der Waals surface area contributed by atoms with E-state index in [1.54, 1.807) is 24.3 Å². The van der Waals surface area contributed by atoms with Crippen LogP contribution in [0, 0.1) is 11.6 Å². The summed E-state index contributed by atoms with van der Waals surface area (Å²) in [4.78, 5) is 23.3. The van der Waals surface area contributed by atoms with Gasteiger partial charge in [-0.3, -0.25) is 9.59 Å². The van der Waals surface area contributed by atoms with E-state index in [0.717, 1.165) is 12.1 Å². The molecule has 0 unspecified atom stereocenters. The Morgan fingerprint density at radius 2 is 1.68 bits per heavy atom. The van der Waals surface area contributed by atoms with Crippen molar-refractivity contribution in [3.05, 3.63) is 71.9 Å². The summed E-state index contributed by atoms with van der Waals surface area (Å²) in [5, 5.41) is 15.7. The number of hydrogen-bond donors (Lipinski definition) is 3. The van der Waals surface area contributed by atoms with Crippen LogP contribution in [0.1, 0.15) is 17.4 Å². The molecule has 0 saturated carbocycles. The van der Waals surface area contributed by atoms with Crippen LogP contribution in [0.5, 0.6) is 0 Å². The zero-order valence-corrected chi connectivity index (χ0v) is 14.7. The van der Waals surface area contributed by atoms with Gasteiger partial charge in [-0.1, -0.05) is 6.07 Å². The fourth-order valence-corrected chi connectivity index (χ4v) is 2.32. The fraction of sp³-hybridized carbons (Fsp3) is 0.0526. The maximum absolute atomic E-state index is 13.6. The molecule has 1 aromatic heterocycles. The lowest BCUT2D eigenvalue weighted by atomic mass is 10.2. The molecule has 9 heteroatoms. The second-order valence-electron chi connectivity index (χ2n) is 5.77. The van der Waals surface area contributed by atoms with Gasteiger partial charge in [-0.2, -0.15) is 0 Å². The molecule has 2 aromatic carbocycles. The molecule has 28 heavy (non-hydrogen) atoms. The van der Waals surface area contributed by atoms with E-state index in [4.69, 9.17) is 0 Å². The molecule has 0 bridgehead atoms. The van der Waals surface area contributed by atoms with Crippen LogP contribution >= 0.6 is 0 Å². The van der Waals surface area contributed by atoms with Gasteiger partial charge in [-0.05, 0) is 42.5 Å². The van der Waals surface area contributed by atoms with Crippen LogP contribution in [0.2, 0.25) is 0 Å². The molecule has 0 aliphatic rings. The number of hydrogen-bond acceptors (Lipinski definition) is 5. The van der Waals surface area contributed by atoms with Gasteiger partial charge in [-0.15, -0.1) is 10.2 Å². The van der Waals surface area contributed by atoms with Crippen molar-refractivity contribution in [1.29, 1.82) is 0 Å². The Morgan fingerprint density at radius 1 is 0.893 bits per heavy atom. The van der Waals surface area contributed by atoms with Gasteiger partial charge in [0.1, 0.15) is 11.6 Å². The van der Waals surface area contributed by atoms with Crippen LogP contribution in [0.25, 0.3) is 0 Å². The third kappa shape index (κ3) is 4.85. The molecule has 3 rings (SSSR count). The van der Waals surface area contributed by atoms with Crippen molar-refractivity contribution in [2.24, 2.45) is 0 Å². The number of aromatic nitrogens is 2. The molecule has 0 saturated heterocycles. The van der Waals surface area contributed by atoms with E-state index in [9.17, 15) is 18.4 Å². The van der Waals surface area contributed by atoms with Crippen molar-refractivity contribution < 1.29 is 18.4 Å². The van der Waals surface area contributed by atoms with Crippen LogP contribution in [0.3, 0.4) is 0 Å². The molecule has 1 heterocycles. The zero-order chi connectivity index (χ0) is 20.1. The third-order valence-electron chi connectivity index (χ3n) is 3.53. The van der Waals surface area contributed by atoms with E-state index in [2.05, 4.69) is 26.1 Å². The first kappa shape index (κ1) is 18.9. The molecule has 0 atom stereocenters. The van der Waals surface area contributed by atoms with E-state index >= 15 is 0 Å². The largest absolute Gasteiger partial charge is 0.339 e. The first-order valence-electron chi connectivity index (χ1n) is 8.15. The van der Waals surface area contributed by atoms with E-state index in [1.807, 2.05) is 0 Å². The first-order valence-corrected chi connectivity index (χ1v) is 8.15. The average molecular weight is 383 g/mol. The molecule has 2 amide bonds.